The number of nitro benzene ring substituents is 1. The van der Waals surface area contributed by atoms with E-state index < -0.39 is 10.8 Å². The van der Waals surface area contributed by atoms with Gasteiger partial charge in [-0.15, -0.1) is 11.3 Å². The minimum atomic E-state index is -0.478. The molecule has 2 aromatic heterocycles. The Kier molecular flexibility index (Phi) is 5.10. The summed E-state index contributed by atoms with van der Waals surface area (Å²) < 4.78 is 0.643. The molecule has 3 aromatic rings. The molecule has 2 heterocycles. The van der Waals surface area contributed by atoms with Gasteiger partial charge in [0.2, 0.25) is 0 Å². The van der Waals surface area contributed by atoms with E-state index in [4.69, 9.17) is 11.6 Å². The quantitative estimate of drug-likeness (QED) is 0.392. The van der Waals surface area contributed by atoms with Crippen LogP contribution in [0.2, 0.25) is 4.34 Å². The van der Waals surface area contributed by atoms with Crippen LogP contribution in [0.4, 0.5) is 5.69 Å². The SMILES string of the molecule is C/C(=N/NC(=O)c1cc(-c2ccc(Cl)s2)[nH]n1)c1ccc([N+](=O)[O-])cc1. The molecule has 0 unspecified atom stereocenters. The van der Waals surface area contributed by atoms with Crippen molar-refractivity contribution in [1.29, 1.82) is 0 Å². The van der Waals surface area contributed by atoms with Crippen molar-refractivity contribution in [3.63, 3.8) is 0 Å². The average Bonchev–Trinajstić information content (AvgIpc) is 3.28. The molecule has 0 aliphatic rings. The first-order valence-corrected chi connectivity index (χ1v) is 8.54. The number of nitrogens with zero attached hydrogens (tertiary/aromatic N) is 3. The van der Waals surface area contributed by atoms with Gasteiger partial charge in [-0.05, 0) is 42.8 Å². The number of carbonyl (C=O) groups is 1. The summed E-state index contributed by atoms with van der Waals surface area (Å²) in [5, 5.41) is 21.4. The third kappa shape index (κ3) is 3.95. The molecular formula is C16H12ClN5O3S. The monoisotopic (exact) mass is 389 g/mol. The van der Waals surface area contributed by atoms with Crippen molar-refractivity contribution in [3.05, 3.63) is 68.2 Å². The maximum absolute atomic E-state index is 12.2. The first-order valence-electron chi connectivity index (χ1n) is 7.34. The van der Waals surface area contributed by atoms with Crippen LogP contribution in [0.3, 0.4) is 0 Å². The zero-order valence-corrected chi connectivity index (χ0v) is 15.0. The molecule has 1 amide bonds. The van der Waals surface area contributed by atoms with Crippen LogP contribution in [0, 0.1) is 10.1 Å². The third-order valence-electron chi connectivity index (χ3n) is 3.47. The van der Waals surface area contributed by atoms with Gasteiger partial charge in [-0.25, -0.2) is 5.43 Å². The highest BCUT2D eigenvalue weighted by Crippen LogP contribution is 2.29. The molecule has 132 valence electrons. The fraction of sp³-hybridized carbons (Fsp3) is 0.0625. The number of benzene rings is 1. The lowest BCUT2D eigenvalue weighted by atomic mass is 10.1. The van der Waals surface area contributed by atoms with E-state index in [0.29, 0.717) is 21.3 Å². The number of aromatic nitrogens is 2. The molecule has 10 heteroatoms. The lowest BCUT2D eigenvalue weighted by Crippen LogP contribution is -2.19. The van der Waals surface area contributed by atoms with Crippen LogP contribution < -0.4 is 5.43 Å². The Hall–Kier alpha value is -3.04. The van der Waals surface area contributed by atoms with Crippen molar-refractivity contribution in [2.24, 2.45) is 5.10 Å². The molecule has 0 spiro atoms. The lowest BCUT2D eigenvalue weighted by Gasteiger charge is -2.01. The van der Waals surface area contributed by atoms with Gasteiger partial charge in [0.1, 0.15) is 0 Å². The normalized spacial score (nSPS) is 11.4. The average molecular weight is 390 g/mol. The van der Waals surface area contributed by atoms with Gasteiger partial charge in [0.15, 0.2) is 5.69 Å². The van der Waals surface area contributed by atoms with Crippen LogP contribution in [-0.2, 0) is 0 Å². The number of rotatable bonds is 5. The number of hydrogen-bond acceptors (Lipinski definition) is 6. The molecule has 0 saturated carbocycles. The van der Waals surface area contributed by atoms with E-state index in [1.807, 2.05) is 6.07 Å². The number of aromatic amines is 1. The highest BCUT2D eigenvalue weighted by Gasteiger charge is 2.12. The molecule has 8 nitrogen and oxygen atoms in total. The molecule has 26 heavy (non-hydrogen) atoms. The molecule has 0 atom stereocenters. The second kappa shape index (κ2) is 7.46. The first-order chi connectivity index (χ1) is 12.4. The third-order valence-corrected chi connectivity index (χ3v) is 4.73. The molecule has 1 aromatic carbocycles. The van der Waals surface area contributed by atoms with Crippen LogP contribution in [0.15, 0.2) is 47.6 Å². The first kappa shape index (κ1) is 17.8. The van der Waals surface area contributed by atoms with Crippen LogP contribution in [0.25, 0.3) is 10.6 Å². The number of nitro groups is 1. The smallest absolute Gasteiger partial charge is 0.276 e. The molecule has 0 aliphatic heterocycles. The van der Waals surface area contributed by atoms with Crippen molar-refractivity contribution in [3.8, 4) is 10.6 Å². The number of thiophene rings is 1. The van der Waals surface area contributed by atoms with Gasteiger partial charge in [0, 0.05) is 12.1 Å². The molecular weight excluding hydrogens is 378 g/mol. The fourth-order valence-corrected chi connectivity index (χ4v) is 3.11. The van der Waals surface area contributed by atoms with Crippen LogP contribution in [-0.4, -0.2) is 26.7 Å². The van der Waals surface area contributed by atoms with Crippen molar-refractivity contribution in [2.75, 3.05) is 0 Å². The van der Waals surface area contributed by atoms with Crippen LogP contribution >= 0.6 is 22.9 Å². The zero-order chi connectivity index (χ0) is 18.7. The van der Waals surface area contributed by atoms with Crippen molar-refractivity contribution < 1.29 is 9.72 Å². The molecule has 2 N–H and O–H groups in total. The summed E-state index contributed by atoms with van der Waals surface area (Å²) in [7, 11) is 0. The van der Waals surface area contributed by atoms with Crippen LogP contribution in [0.5, 0.6) is 0 Å². The minimum absolute atomic E-state index is 0.0108. The van der Waals surface area contributed by atoms with Crippen LogP contribution in [0.1, 0.15) is 23.0 Å². The number of H-pyrrole nitrogens is 1. The second-order valence-electron chi connectivity index (χ2n) is 5.21. The number of halogens is 1. The number of nitrogens with one attached hydrogen (secondary N) is 2. The molecule has 0 aliphatic carbocycles. The van der Waals surface area contributed by atoms with Gasteiger partial charge < -0.3 is 0 Å². The zero-order valence-electron chi connectivity index (χ0n) is 13.4. The molecule has 3 rings (SSSR count). The number of hydrogen-bond donors (Lipinski definition) is 2. The molecule has 0 saturated heterocycles. The van der Waals surface area contributed by atoms with Gasteiger partial charge >= 0.3 is 0 Å². The Balaban J connectivity index is 1.68. The Labute approximate surface area is 156 Å². The van der Waals surface area contributed by atoms with Gasteiger partial charge in [-0.2, -0.15) is 10.2 Å². The largest absolute Gasteiger partial charge is 0.291 e. The highest BCUT2D eigenvalue weighted by molar-refractivity contribution is 7.19. The van der Waals surface area contributed by atoms with E-state index in [1.54, 1.807) is 31.2 Å². The molecule has 0 fully saturated rings. The lowest BCUT2D eigenvalue weighted by molar-refractivity contribution is -0.384. The summed E-state index contributed by atoms with van der Waals surface area (Å²) >= 11 is 7.27. The van der Waals surface area contributed by atoms with E-state index in [-0.39, 0.29) is 11.4 Å². The van der Waals surface area contributed by atoms with Gasteiger partial charge in [-0.3, -0.25) is 20.0 Å². The predicted molar refractivity (Wildman–Crippen MR) is 99.7 cm³/mol. The molecule has 0 radical (unpaired) electrons. The van der Waals surface area contributed by atoms with Gasteiger partial charge in [0.25, 0.3) is 11.6 Å². The number of carbonyl (C=O) groups excluding carboxylic acids is 1. The summed E-state index contributed by atoms with van der Waals surface area (Å²) in [6.45, 7) is 1.69. The fourth-order valence-electron chi connectivity index (χ4n) is 2.10. The Morgan fingerprint density at radius 2 is 2.04 bits per heavy atom. The minimum Gasteiger partial charge on any atom is -0.276 e. The summed E-state index contributed by atoms with van der Waals surface area (Å²) in [5.74, 6) is -0.476. The highest BCUT2D eigenvalue weighted by atomic mass is 35.5. The van der Waals surface area contributed by atoms with E-state index in [0.717, 1.165) is 4.88 Å². The van der Waals surface area contributed by atoms with Crippen molar-refractivity contribution >= 4 is 40.2 Å². The summed E-state index contributed by atoms with van der Waals surface area (Å²) in [5.41, 5.74) is 4.44. The number of amides is 1. The topological polar surface area (TPSA) is 113 Å². The van der Waals surface area contributed by atoms with Crippen molar-refractivity contribution in [1.82, 2.24) is 15.6 Å². The Morgan fingerprint density at radius 1 is 1.31 bits per heavy atom. The standard InChI is InChI=1S/C16H12ClN5O3S/c1-9(10-2-4-11(5-3-10)22(24)25)18-21-16(23)13-8-12(19-20-13)14-6-7-15(17)26-14/h2-8H,1H3,(H,19,20)(H,21,23)/b18-9-. The number of non-ortho nitro benzene ring substituents is 1. The Bertz CT molecular complexity index is 993. The van der Waals surface area contributed by atoms with E-state index in [9.17, 15) is 14.9 Å². The second-order valence-corrected chi connectivity index (χ2v) is 6.93. The number of hydrazone groups is 1. The van der Waals surface area contributed by atoms with Gasteiger partial charge in [-0.1, -0.05) is 11.6 Å². The van der Waals surface area contributed by atoms with Crippen molar-refractivity contribution in [2.45, 2.75) is 6.92 Å². The predicted octanol–water partition coefficient (Wildman–Crippen LogP) is 3.85. The van der Waals surface area contributed by atoms with E-state index in [1.165, 1.54) is 23.5 Å². The summed E-state index contributed by atoms with van der Waals surface area (Å²) in [6.07, 6.45) is 0. The summed E-state index contributed by atoms with van der Waals surface area (Å²) in [6, 6.07) is 11.1. The van der Waals surface area contributed by atoms with E-state index in [2.05, 4.69) is 20.7 Å². The maximum atomic E-state index is 12.2. The van der Waals surface area contributed by atoms with Gasteiger partial charge in [0.05, 0.1) is 25.5 Å². The maximum Gasteiger partial charge on any atom is 0.291 e. The molecule has 0 bridgehead atoms. The summed E-state index contributed by atoms with van der Waals surface area (Å²) in [4.78, 5) is 23.2. The van der Waals surface area contributed by atoms with E-state index >= 15 is 0 Å². The Morgan fingerprint density at radius 3 is 2.65 bits per heavy atom.